The molecule has 2 rings (SSSR count). The maximum atomic E-state index is 12.6. The molecule has 3 nitrogen and oxygen atoms in total. The summed E-state index contributed by atoms with van der Waals surface area (Å²) in [5.41, 5.74) is 1.10. The van der Waals surface area contributed by atoms with Crippen LogP contribution in [-0.4, -0.2) is 36.5 Å². The van der Waals surface area contributed by atoms with Crippen molar-refractivity contribution < 1.29 is 4.79 Å². The molecule has 0 aromatic heterocycles. The molecule has 1 aliphatic heterocycles. The Morgan fingerprint density at radius 1 is 1.35 bits per heavy atom. The Morgan fingerprint density at radius 2 is 2.10 bits per heavy atom. The van der Waals surface area contributed by atoms with Crippen LogP contribution in [0.1, 0.15) is 44.6 Å². The van der Waals surface area contributed by atoms with E-state index in [1.807, 2.05) is 42.2 Å². The fraction of sp³-hybridized carbons (Fsp3) is 0.588. The summed E-state index contributed by atoms with van der Waals surface area (Å²) >= 11 is 0. The van der Waals surface area contributed by atoms with Gasteiger partial charge in [0, 0.05) is 19.1 Å². The van der Waals surface area contributed by atoms with Gasteiger partial charge in [0.2, 0.25) is 5.91 Å². The molecule has 3 heteroatoms. The monoisotopic (exact) mass is 274 g/mol. The molecule has 1 N–H and O–H groups in total. The highest BCUT2D eigenvalue weighted by Gasteiger charge is 2.24. The van der Waals surface area contributed by atoms with Gasteiger partial charge in [-0.2, -0.15) is 0 Å². The van der Waals surface area contributed by atoms with Crippen LogP contribution >= 0.6 is 0 Å². The topological polar surface area (TPSA) is 32.3 Å². The second-order valence-electron chi connectivity index (χ2n) is 5.66. The third-order valence-electron chi connectivity index (χ3n) is 4.22. The molecular formula is C17H26N2O. The lowest BCUT2D eigenvalue weighted by Gasteiger charge is -2.31. The molecule has 1 amide bonds. The number of rotatable bonds is 5. The van der Waals surface area contributed by atoms with Crippen LogP contribution in [0.2, 0.25) is 0 Å². The van der Waals surface area contributed by atoms with Crippen LogP contribution in [-0.2, 0) is 4.79 Å². The van der Waals surface area contributed by atoms with Crippen LogP contribution in [0.15, 0.2) is 30.3 Å². The Morgan fingerprint density at radius 3 is 2.70 bits per heavy atom. The highest BCUT2D eigenvalue weighted by molar-refractivity contribution is 5.83. The van der Waals surface area contributed by atoms with Crippen molar-refractivity contribution in [3.8, 4) is 0 Å². The zero-order valence-electron chi connectivity index (χ0n) is 12.6. The van der Waals surface area contributed by atoms with Crippen LogP contribution in [0.25, 0.3) is 0 Å². The molecule has 1 aromatic rings. The summed E-state index contributed by atoms with van der Waals surface area (Å²) in [7, 11) is 0. The minimum Gasteiger partial charge on any atom is -0.341 e. The van der Waals surface area contributed by atoms with Crippen molar-refractivity contribution in [2.45, 2.75) is 45.1 Å². The maximum Gasteiger partial charge on any atom is 0.229 e. The van der Waals surface area contributed by atoms with E-state index in [2.05, 4.69) is 12.2 Å². The van der Waals surface area contributed by atoms with Gasteiger partial charge >= 0.3 is 0 Å². The Hall–Kier alpha value is -1.35. The molecule has 2 atom stereocenters. The first-order valence-corrected chi connectivity index (χ1v) is 7.79. The number of carbonyl (C=O) groups is 1. The molecular weight excluding hydrogens is 248 g/mol. The van der Waals surface area contributed by atoms with Crippen molar-refractivity contribution in [3.05, 3.63) is 35.9 Å². The number of piperidine rings is 1. The number of hydrogen-bond donors (Lipinski definition) is 1. The van der Waals surface area contributed by atoms with Gasteiger partial charge in [0.25, 0.3) is 0 Å². The largest absolute Gasteiger partial charge is 0.341 e. The van der Waals surface area contributed by atoms with E-state index >= 15 is 0 Å². The number of nitrogens with one attached hydrogen (secondary N) is 1. The van der Waals surface area contributed by atoms with Gasteiger partial charge in [0.1, 0.15) is 0 Å². The Bertz CT molecular complexity index is 412. The lowest BCUT2D eigenvalue weighted by Crippen LogP contribution is -2.46. The van der Waals surface area contributed by atoms with Crippen molar-refractivity contribution in [1.29, 1.82) is 0 Å². The van der Waals surface area contributed by atoms with Crippen molar-refractivity contribution >= 4 is 5.91 Å². The van der Waals surface area contributed by atoms with E-state index in [-0.39, 0.29) is 11.8 Å². The summed E-state index contributed by atoms with van der Waals surface area (Å²) in [6.07, 6.45) is 3.72. The highest BCUT2D eigenvalue weighted by atomic mass is 16.2. The molecule has 1 saturated heterocycles. The zero-order valence-corrected chi connectivity index (χ0v) is 12.6. The highest BCUT2D eigenvalue weighted by Crippen LogP contribution is 2.18. The minimum atomic E-state index is -0.0558. The Labute approximate surface area is 122 Å². The Balaban J connectivity index is 1.97. The molecule has 0 bridgehead atoms. The lowest BCUT2D eigenvalue weighted by molar-refractivity contribution is -0.132. The lowest BCUT2D eigenvalue weighted by atomic mass is 9.98. The van der Waals surface area contributed by atoms with E-state index in [4.69, 9.17) is 0 Å². The predicted octanol–water partition coefficient (Wildman–Crippen LogP) is 2.78. The molecule has 1 heterocycles. The first-order chi connectivity index (χ1) is 9.72. The summed E-state index contributed by atoms with van der Waals surface area (Å²) in [5, 5.41) is 3.52. The zero-order chi connectivity index (χ0) is 14.4. The van der Waals surface area contributed by atoms with Crippen molar-refractivity contribution in [2.75, 3.05) is 19.6 Å². The van der Waals surface area contributed by atoms with Crippen molar-refractivity contribution in [2.24, 2.45) is 0 Å². The van der Waals surface area contributed by atoms with E-state index < -0.39 is 0 Å². The van der Waals surface area contributed by atoms with Gasteiger partial charge in [0.05, 0.1) is 5.92 Å². The number of nitrogens with zero attached hydrogens (tertiary/aromatic N) is 1. The third kappa shape index (κ3) is 3.83. The number of carbonyl (C=O) groups excluding carboxylic acids is 1. The van der Waals surface area contributed by atoms with Gasteiger partial charge in [-0.05, 0) is 38.8 Å². The SMILES string of the molecule is CCN(CC1CCCCN1)C(=O)C(C)c1ccccc1. The molecule has 1 aliphatic rings. The van der Waals surface area contributed by atoms with Gasteiger partial charge in [-0.15, -0.1) is 0 Å². The summed E-state index contributed by atoms with van der Waals surface area (Å²) < 4.78 is 0. The molecule has 20 heavy (non-hydrogen) atoms. The van der Waals surface area contributed by atoms with Gasteiger partial charge < -0.3 is 10.2 Å². The third-order valence-corrected chi connectivity index (χ3v) is 4.22. The molecule has 0 aliphatic carbocycles. The van der Waals surface area contributed by atoms with Crippen molar-refractivity contribution in [3.63, 3.8) is 0 Å². The van der Waals surface area contributed by atoms with Crippen LogP contribution < -0.4 is 5.32 Å². The van der Waals surface area contributed by atoms with E-state index in [9.17, 15) is 4.79 Å². The van der Waals surface area contributed by atoms with E-state index in [1.165, 1.54) is 19.3 Å². The average Bonchev–Trinajstić information content (AvgIpc) is 2.53. The number of likely N-dealkylation sites (N-methyl/N-ethyl adjacent to an activating group) is 1. The molecule has 110 valence electrons. The van der Waals surface area contributed by atoms with Gasteiger partial charge in [-0.25, -0.2) is 0 Å². The number of amides is 1. The normalized spacial score (nSPS) is 20.4. The van der Waals surface area contributed by atoms with Gasteiger partial charge in [-0.1, -0.05) is 36.8 Å². The first-order valence-electron chi connectivity index (χ1n) is 7.79. The fourth-order valence-electron chi connectivity index (χ4n) is 2.88. The number of benzene rings is 1. The number of hydrogen-bond acceptors (Lipinski definition) is 2. The van der Waals surface area contributed by atoms with Gasteiger partial charge in [-0.3, -0.25) is 4.79 Å². The summed E-state index contributed by atoms with van der Waals surface area (Å²) in [6.45, 7) is 6.79. The van der Waals surface area contributed by atoms with Crippen LogP contribution in [0.4, 0.5) is 0 Å². The van der Waals surface area contributed by atoms with Crippen LogP contribution in [0, 0.1) is 0 Å². The molecule has 0 saturated carbocycles. The average molecular weight is 274 g/mol. The second kappa shape index (κ2) is 7.44. The van der Waals surface area contributed by atoms with Crippen LogP contribution in [0.5, 0.6) is 0 Å². The van der Waals surface area contributed by atoms with Crippen molar-refractivity contribution in [1.82, 2.24) is 10.2 Å². The van der Waals surface area contributed by atoms with Crippen LogP contribution in [0.3, 0.4) is 0 Å². The standard InChI is InChI=1S/C17H26N2O/c1-3-19(13-16-11-7-8-12-18-16)17(20)14(2)15-9-5-4-6-10-15/h4-6,9-10,14,16,18H,3,7-8,11-13H2,1-2H3. The molecule has 1 fully saturated rings. The first kappa shape index (κ1) is 15.0. The molecule has 0 spiro atoms. The van der Waals surface area contributed by atoms with E-state index in [0.717, 1.165) is 25.2 Å². The minimum absolute atomic E-state index is 0.0558. The summed E-state index contributed by atoms with van der Waals surface area (Å²) in [5.74, 6) is 0.186. The molecule has 1 aromatic carbocycles. The quantitative estimate of drug-likeness (QED) is 0.895. The Kier molecular flexibility index (Phi) is 5.60. The van der Waals surface area contributed by atoms with E-state index in [1.54, 1.807) is 0 Å². The smallest absolute Gasteiger partial charge is 0.229 e. The van der Waals surface area contributed by atoms with E-state index in [0.29, 0.717) is 6.04 Å². The molecule has 0 radical (unpaired) electrons. The summed E-state index contributed by atoms with van der Waals surface area (Å²) in [6, 6.07) is 10.5. The fourth-order valence-corrected chi connectivity index (χ4v) is 2.88. The van der Waals surface area contributed by atoms with Gasteiger partial charge in [0.15, 0.2) is 0 Å². The predicted molar refractivity (Wildman–Crippen MR) is 82.8 cm³/mol. The maximum absolute atomic E-state index is 12.6. The second-order valence-corrected chi connectivity index (χ2v) is 5.66. The summed E-state index contributed by atoms with van der Waals surface area (Å²) in [4.78, 5) is 14.6. The molecule has 2 unspecified atom stereocenters.